The lowest BCUT2D eigenvalue weighted by atomic mass is 10.2. The van der Waals surface area contributed by atoms with Crippen LogP contribution in [0.5, 0.6) is 0 Å². The van der Waals surface area contributed by atoms with Crippen LogP contribution in [0.25, 0.3) is 10.9 Å². The van der Waals surface area contributed by atoms with E-state index < -0.39 is 0 Å². The first-order chi connectivity index (χ1) is 9.24. The van der Waals surface area contributed by atoms with E-state index in [4.69, 9.17) is 17.3 Å². The van der Waals surface area contributed by atoms with E-state index in [9.17, 15) is 0 Å². The van der Waals surface area contributed by atoms with Crippen molar-refractivity contribution < 1.29 is 0 Å². The lowest BCUT2D eigenvalue weighted by Crippen LogP contribution is -1.91. The first-order valence-corrected chi connectivity index (χ1v) is 7.00. The van der Waals surface area contributed by atoms with Crippen LogP contribution in [0.2, 0.25) is 5.02 Å². The van der Waals surface area contributed by atoms with Crippen LogP contribution in [0.1, 0.15) is 0 Å². The first kappa shape index (κ1) is 12.3. The number of rotatable bonds is 2. The van der Waals surface area contributed by atoms with Gasteiger partial charge in [0.1, 0.15) is 0 Å². The molecule has 0 atom stereocenters. The van der Waals surface area contributed by atoms with E-state index in [0.717, 1.165) is 31.4 Å². The smallest absolute Gasteiger partial charge is 0.0723 e. The Kier molecular flexibility index (Phi) is 3.32. The average molecular weight is 287 g/mol. The predicted octanol–water partition coefficient (Wildman–Crippen LogP) is 4.62. The molecule has 0 radical (unpaired) electrons. The molecule has 3 aromatic rings. The number of pyridine rings is 1. The molecule has 2 aromatic carbocycles. The fourth-order valence-electron chi connectivity index (χ4n) is 1.87. The largest absolute Gasteiger partial charge is 0.397 e. The molecule has 19 heavy (non-hydrogen) atoms. The van der Waals surface area contributed by atoms with Gasteiger partial charge in [0.25, 0.3) is 0 Å². The van der Waals surface area contributed by atoms with Crippen molar-refractivity contribution in [2.24, 2.45) is 0 Å². The Balaban J connectivity index is 2.01. The molecule has 0 saturated heterocycles. The number of nitrogen functional groups attached to an aromatic ring is 1. The van der Waals surface area contributed by atoms with Crippen molar-refractivity contribution in [3.8, 4) is 0 Å². The summed E-state index contributed by atoms with van der Waals surface area (Å²) in [6.45, 7) is 0. The molecule has 2 N–H and O–H groups in total. The van der Waals surface area contributed by atoms with Crippen LogP contribution >= 0.6 is 23.4 Å². The van der Waals surface area contributed by atoms with Gasteiger partial charge in [0.15, 0.2) is 0 Å². The average Bonchev–Trinajstić information content (AvgIpc) is 2.45. The topological polar surface area (TPSA) is 38.9 Å². The van der Waals surface area contributed by atoms with E-state index in [1.807, 2.05) is 48.5 Å². The van der Waals surface area contributed by atoms with Gasteiger partial charge in [-0.05, 0) is 48.5 Å². The molecule has 1 aromatic heterocycles. The Hall–Kier alpha value is -1.71. The van der Waals surface area contributed by atoms with Crippen molar-refractivity contribution in [1.29, 1.82) is 0 Å². The van der Waals surface area contributed by atoms with Crippen LogP contribution in [-0.2, 0) is 0 Å². The lowest BCUT2D eigenvalue weighted by molar-refractivity contribution is 1.38. The zero-order valence-corrected chi connectivity index (χ0v) is 11.6. The van der Waals surface area contributed by atoms with Crippen LogP contribution in [0, 0.1) is 0 Å². The van der Waals surface area contributed by atoms with Crippen molar-refractivity contribution in [3.05, 3.63) is 59.8 Å². The highest BCUT2D eigenvalue weighted by atomic mass is 35.5. The molecular formula is C15H11ClN2S. The maximum absolute atomic E-state index is 6.21. The fourth-order valence-corrected chi connectivity index (χ4v) is 2.88. The molecule has 3 rings (SSSR count). The summed E-state index contributed by atoms with van der Waals surface area (Å²) >= 11 is 7.51. The number of hydrogen-bond acceptors (Lipinski definition) is 3. The normalized spacial score (nSPS) is 10.8. The standard InChI is InChI=1S/C15H11ClN2S/c16-10-3-5-11(6-4-10)19-14-8-7-13-12(15(14)17)2-1-9-18-13/h1-9H,17H2. The molecule has 0 saturated carbocycles. The highest BCUT2D eigenvalue weighted by Crippen LogP contribution is 2.35. The number of fused-ring (bicyclic) bond motifs is 1. The minimum absolute atomic E-state index is 0.736. The third-order valence-corrected chi connectivity index (χ3v) is 4.16. The summed E-state index contributed by atoms with van der Waals surface area (Å²) in [7, 11) is 0. The van der Waals surface area contributed by atoms with Gasteiger partial charge in [0.2, 0.25) is 0 Å². The molecule has 1 heterocycles. The Labute approximate surface area is 120 Å². The number of nitrogens with two attached hydrogens (primary N) is 1. The van der Waals surface area contributed by atoms with Gasteiger partial charge in [-0.2, -0.15) is 0 Å². The molecule has 0 bridgehead atoms. The maximum atomic E-state index is 6.21. The van der Waals surface area contributed by atoms with E-state index in [-0.39, 0.29) is 0 Å². The minimum Gasteiger partial charge on any atom is -0.397 e. The summed E-state index contributed by atoms with van der Waals surface area (Å²) in [5, 5.41) is 1.72. The van der Waals surface area contributed by atoms with E-state index in [2.05, 4.69) is 4.98 Å². The van der Waals surface area contributed by atoms with Crippen molar-refractivity contribution >= 4 is 40.0 Å². The SMILES string of the molecule is Nc1c(Sc2ccc(Cl)cc2)ccc2ncccc12. The van der Waals surface area contributed by atoms with Crippen LogP contribution in [0.15, 0.2) is 64.5 Å². The van der Waals surface area contributed by atoms with Crippen molar-refractivity contribution in [2.45, 2.75) is 9.79 Å². The quantitative estimate of drug-likeness (QED) is 0.699. The van der Waals surface area contributed by atoms with E-state index >= 15 is 0 Å². The lowest BCUT2D eigenvalue weighted by Gasteiger charge is -2.08. The molecule has 4 heteroatoms. The molecule has 0 aliphatic carbocycles. The molecule has 0 aliphatic rings. The van der Waals surface area contributed by atoms with Crippen LogP contribution in [-0.4, -0.2) is 4.98 Å². The maximum Gasteiger partial charge on any atom is 0.0723 e. The molecule has 0 amide bonds. The summed E-state index contributed by atoms with van der Waals surface area (Å²) in [5.74, 6) is 0. The molecule has 0 unspecified atom stereocenters. The second-order valence-electron chi connectivity index (χ2n) is 4.10. The predicted molar refractivity (Wildman–Crippen MR) is 81.7 cm³/mol. The van der Waals surface area contributed by atoms with Crippen LogP contribution in [0.4, 0.5) is 5.69 Å². The molecule has 2 nitrogen and oxygen atoms in total. The van der Waals surface area contributed by atoms with Gasteiger partial charge >= 0.3 is 0 Å². The van der Waals surface area contributed by atoms with E-state index in [1.165, 1.54) is 0 Å². The highest BCUT2D eigenvalue weighted by molar-refractivity contribution is 7.99. The van der Waals surface area contributed by atoms with E-state index in [0.29, 0.717) is 0 Å². The van der Waals surface area contributed by atoms with Crippen LogP contribution < -0.4 is 5.73 Å². The van der Waals surface area contributed by atoms with Gasteiger partial charge in [-0.1, -0.05) is 23.4 Å². The van der Waals surface area contributed by atoms with Gasteiger partial charge in [-0.15, -0.1) is 0 Å². The number of nitrogens with zero attached hydrogens (tertiary/aromatic N) is 1. The summed E-state index contributed by atoms with van der Waals surface area (Å²) in [5.41, 5.74) is 7.90. The number of halogens is 1. The monoisotopic (exact) mass is 286 g/mol. The number of anilines is 1. The summed E-state index contributed by atoms with van der Waals surface area (Å²) in [6, 6.07) is 15.6. The number of aromatic nitrogens is 1. The van der Waals surface area contributed by atoms with Crippen molar-refractivity contribution in [1.82, 2.24) is 4.98 Å². The van der Waals surface area contributed by atoms with Gasteiger partial charge < -0.3 is 5.73 Å². The van der Waals surface area contributed by atoms with Crippen molar-refractivity contribution in [3.63, 3.8) is 0 Å². The highest BCUT2D eigenvalue weighted by Gasteiger charge is 2.06. The van der Waals surface area contributed by atoms with E-state index in [1.54, 1.807) is 18.0 Å². The fraction of sp³-hybridized carbons (Fsp3) is 0. The van der Waals surface area contributed by atoms with Gasteiger partial charge in [0.05, 0.1) is 11.2 Å². The van der Waals surface area contributed by atoms with Crippen molar-refractivity contribution in [2.75, 3.05) is 5.73 Å². The number of benzene rings is 2. The zero-order chi connectivity index (χ0) is 13.2. The second kappa shape index (κ2) is 5.11. The molecular weight excluding hydrogens is 276 g/mol. The zero-order valence-electron chi connectivity index (χ0n) is 10.0. The summed E-state index contributed by atoms with van der Waals surface area (Å²) in [4.78, 5) is 6.44. The minimum atomic E-state index is 0.736. The first-order valence-electron chi connectivity index (χ1n) is 5.81. The number of hydrogen-bond donors (Lipinski definition) is 1. The Morgan fingerprint density at radius 2 is 1.79 bits per heavy atom. The summed E-state index contributed by atoms with van der Waals surface area (Å²) < 4.78 is 0. The molecule has 0 fully saturated rings. The molecule has 94 valence electrons. The molecule has 0 aliphatic heterocycles. The third kappa shape index (κ3) is 2.53. The Bertz CT molecular complexity index is 726. The summed E-state index contributed by atoms with van der Waals surface area (Å²) in [6.07, 6.45) is 1.77. The van der Waals surface area contributed by atoms with Gasteiger partial charge in [0, 0.05) is 26.4 Å². The Morgan fingerprint density at radius 1 is 1.00 bits per heavy atom. The second-order valence-corrected chi connectivity index (χ2v) is 5.66. The molecule has 0 spiro atoms. The third-order valence-electron chi connectivity index (χ3n) is 2.83. The van der Waals surface area contributed by atoms with Crippen LogP contribution in [0.3, 0.4) is 0 Å². The Morgan fingerprint density at radius 3 is 2.58 bits per heavy atom. The van der Waals surface area contributed by atoms with Gasteiger partial charge in [-0.25, -0.2) is 0 Å². The van der Waals surface area contributed by atoms with Gasteiger partial charge in [-0.3, -0.25) is 4.98 Å².